The van der Waals surface area contributed by atoms with Crippen molar-refractivity contribution in [3.05, 3.63) is 30.1 Å². The van der Waals surface area contributed by atoms with E-state index < -0.39 is 44.9 Å². The van der Waals surface area contributed by atoms with Gasteiger partial charge in [0, 0.05) is 6.07 Å². The minimum atomic E-state index is -4.73. The second-order valence-corrected chi connectivity index (χ2v) is 5.92. The molecule has 0 saturated carbocycles. The van der Waals surface area contributed by atoms with Crippen LogP contribution in [0.4, 0.5) is 0 Å². The Morgan fingerprint density at radius 2 is 2.00 bits per heavy atom. The van der Waals surface area contributed by atoms with Crippen molar-refractivity contribution in [2.75, 3.05) is 6.61 Å². The van der Waals surface area contributed by atoms with E-state index in [1.165, 1.54) is 29.1 Å². The number of carbonyl (C=O) groups is 1. The van der Waals surface area contributed by atoms with Crippen LogP contribution >= 0.6 is 7.82 Å². The maximum Gasteiger partial charge on any atom is 0.469 e. The quantitative estimate of drug-likeness (QED) is 0.217. The number of ether oxygens (including phenoxy) is 1. The summed E-state index contributed by atoms with van der Waals surface area (Å²) in [6.45, 7) is -0.627. The van der Waals surface area contributed by atoms with Crippen LogP contribution in [0.15, 0.2) is 24.5 Å². The summed E-state index contributed by atoms with van der Waals surface area (Å²) in [6, 6.07) is 2.76. The second-order valence-electron chi connectivity index (χ2n) is 4.68. The lowest BCUT2D eigenvalue weighted by Crippen LogP contribution is -2.46. The van der Waals surface area contributed by atoms with Crippen LogP contribution < -0.4 is 4.57 Å². The number of phosphoric acid groups is 1. The van der Waals surface area contributed by atoms with E-state index in [1.807, 2.05) is 0 Å². The Labute approximate surface area is 146 Å². The van der Waals surface area contributed by atoms with Crippen molar-refractivity contribution < 1.29 is 48.3 Å². The Bertz CT molecular complexity index is 609. The molecule has 0 radical (unpaired) electrons. The smallest absolute Gasteiger partial charge is 0.469 e. The van der Waals surface area contributed by atoms with Crippen molar-refractivity contribution in [1.82, 2.24) is 0 Å². The number of aromatic nitrogens is 1. The molecule has 1 aliphatic heterocycles. The van der Waals surface area contributed by atoms with Crippen LogP contribution in [-0.4, -0.2) is 79.0 Å². The van der Waals surface area contributed by atoms with E-state index in [1.54, 1.807) is 0 Å². The molecular formula is C11H17MgNO9P+. The molecule has 2 rings (SSSR count). The number of carboxylic acid groups (broad SMARTS) is 1. The molecule has 1 saturated heterocycles. The molecule has 0 amide bonds. The molecule has 5 N–H and O–H groups in total. The van der Waals surface area contributed by atoms with Gasteiger partial charge in [0.15, 0.2) is 18.5 Å². The molecule has 2 heterocycles. The first-order valence-corrected chi connectivity index (χ1v) is 7.68. The van der Waals surface area contributed by atoms with Crippen LogP contribution in [-0.2, 0) is 13.8 Å². The van der Waals surface area contributed by atoms with E-state index in [2.05, 4.69) is 4.52 Å². The highest BCUT2D eigenvalue weighted by molar-refractivity contribution is 7.46. The zero-order chi connectivity index (χ0) is 16.5. The van der Waals surface area contributed by atoms with Gasteiger partial charge in [0.1, 0.15) is 17.8 Å². The summed E-state index contributed by atoms with van der Waals surface area (Å²) in [6.07, 6.45) is -2.51. The lowest BCUT2D eigenvalue weighted by molar-refractivity contribution is -0.765. The summed E-state index contributed by atoms with van der Waals surface area (Å²) >= 11 is 0. The van der Waals surface area contributed by atoms with Crippen molar-refractivity contribution in [1.29, 1.82) is 0 Å². The van der Waals surface area contributed by atoms with E-state index in [0.717, 1.165) is 0 Å². The van der Waals surface area contributed by atoms with Gasteiger partial charge in [-0.25, -0.2) is 9.36 Å². The van der Waals surface area contributed by atoms with Crippen LogP contribution in [0.5, 0.6) is 0 Å². The van der Waals surface area contributed by atoms with Gasteiger partial charge in [-0.1, -0.05) is 0 Å². The molecule has 126 valence electrons. The monoisotopic (exact) mass is 362 g/mol. The van der Waals surface area contributed by atoms with Crippen molar-refractivity contribution >= 4 is 36.8 Å². The van der Waals surface area contributed by atoms with Gasteiger partial charge in [0.25, 0.3) is 6.23 Å². The summed E-state index contributed by atoms with van der Waals surface area (Å²) < 4.78 is 21.4. The number of rotatable bonds is 5. The largest absolute Gasteiger partial charge is 0.477 e. The third kappa shape index (κ3) is 5.18. The Morgan fingerprint density at radius 1 is 1.35 bits per heavy atom. The Balaban J connectivity index is 0.00000264. The fraction of sp³-hybridized carbons (Fsp3) is 0.455. The molecule has 0 spiro atoms. The summed E-state index contributed by atoms with van der Waals surface area (Å²) in [5.74, 6) is -1.18. The summed E-state index contributed by atoms with van der Waals surface area (Å²) in [4.78, 5) is 28.2. The Morgan fingerprint density at radius 3 is 2.57 bits per heavy atom. The predicted molar refractivity (Wildman–Crippen MR) is 76.1 cm³/mol. The highest BCUT2D eigenvalue weighted by atomic mass is 31.2. The average Bonchev–Trinajstić information content (AvgIpc) is 2.72. The maximum atomic E-state index is 10.9. The standard InChI is InChI=1S/C11H14NO9P.Mg.2H/c13-8-7(5-20-22(17,18)19)21-10(9(8)14)12-3-1-2-6(4-12)11(15)16;;;/h1-4,7-10,13-14H,5H2,(H2-,15,16,17,18,19);;;/p+1/t7-,8-,9-,10-;;;/m1.../s1. The topological polar surface area (TPSA) is 158 Å². The number of aromatic carboxylic acids is 1. The third-order valence-corrected chi connectivity index (χ3v) is 3.59. The van der Waals surface area contributed by atoms with E-state index in [4.69, 9.17) is 19.6 Å². The van der Waals surface area contributed by atoms with Crippen LogP contribution in [0.1, 0.15) is 16.6 Å². The van der Waals surface area contributed by atoms with Gasteiger partial charge in [0.05, 0.1) is 6.61 Å². The molecule has 0 aromatic carbocycles. The maximum absolute atomic E-state index is 10.9. The van der Waals surface area contributed by atoms with Gasteiger partial charge in [-0.05, 0) is 6.07 Å². The minimum Gasteiger partial charge on any atom is -0.477 e. The van der Waals surface area contributed by atoms with E-state index >= 15 is 0 Å². The SMILES string of the molecule is O=C(O)c1ccc[n+]([C@@H]2O[C@H](COP(=O)(O)O)[C@@H](O)[C@H]2O)c1.[MgH2]. The van der Waals surface area contributed by atoms with Gasteiger partial charge < -0.3 is 29.8 Å². The van der Waals surface area contributed by atoms with Crippen molar-refractivity contribution in [2.24, 2.45) is 0 Å². The lowest BCUT2D eigenvalue weighted by atomic mass is 10.1. The van der Waals surface area contributed by atoms with Crippen LogP contribution in [0.25, 0.3) is 0 Å². The van der Waals surface area contributed by atoms with Gasteiger partial charge in [-0.2, -0.15) is 4.57 Å². The number of nitrogens with zero attached hydrogens (tertiary/aromatic N) is 1. The molecule has 1 aromatic rings. The number of aliphatic hydroxyl groups is 2. The molecule has 0 aliphatic carbocycles. The summed E-state index contributed by atoms with van der Waals surface area (Å²) in [7, 11) is -4.73. The summed E-state index contributed by atoms with van der Waals surface area (Å²) in [5.41, 5.74) is -0.0530. The number of hydrogen-bond acceptors (Lipinski definition) is 6. The van der Waals surface area contributed by atoms with E-state index in [0.29, 0.717) is 0 Å². The molecule has 12 heteroatoms. The second kappa shape index (κ2) is 7.97. The van der Waals surface area contributed by atoms with Crippen molar-refractivity contribution in [3.63, 3.8) is 0 Å². The van der Waals surface area contributed by atoms with Crippen LogP contribution in [0, 0.1) is 0 Å². The van der Waals surface area contributed by atoms with Crippen molar-refractivity contribution in [2.45, 2.75) is 24.5 Å². The van der Waals surface area contributed by atoms with Crippen molar-refractivity contribution in [3.8, 4) is 0 Å². The molecule has 1 aromatic heterocycles. The normalized spacial score (nSPS) is 27.5. The molecular weight excluding hydrogens is 345 g/mol. The molecule has 0 bridgehead atoms. The van der Waals surface area contributed by atoms with Gasteiger partial charge in [0.2, 0.25) is 0 Å². The molecule has 10 nitrogen and oxygen atoms in total. The van der Waals surface area contributed by atoms with Crippen LogP contribution in [0.3, 0.4) is 0 Å². The zero-order valence-corrected chi connectivity index (χ0v) is 12.0. The molecule has 4 atom stereocenters. The van der Waals surface area contributed by atoms with Gasteiger partial charge in [-0.3, -0.25) is 4.52 Å². The fourth-order valence-corrected chi connectivity index (χ4v) is 2.40. The number of aliphatic hydroxyl groups excluding tert-OH is 2. The first-order valence-electron chi connectivity index (χ1n) is 6.15. The average molecular weight is 363 g/mol. The van der Waals surface area contributed by atoms with Crippen LogP contribution in [0.2, 0.25) is 0 Å². The molecule has 1 aliphatic rings. The zero-order valence-electron chi connectivity index (χ0n) is 11.1. The highest BCUT2D eigenvalue weighted by Crippen LogP contribution is 2.37. The lowest BCUT2D eigenvalue weighted by Gasteiger charge is -2.13. The Hall–Kier alpha value is -0.624. The number of hydrogen-bond donors (Lipinski definition) is 5. The van der Waals surface area contributed by atoms with E-state index in [-0.39, 0.29) is 28.6 Å². The third-order valence-electron chi connectivity index (χ3n) is 3.11. The Kier molecular flexibility index (Phi) is 7.07. The van der Waals surface area contributed by atoms with Gasteiger partial charge >= 0.3 is 36.8 Å². The highest BCUT2D eigenvalue weighted by Gasteiger charge is 2.48. The first kappa shape index (κ1) is 20.4. The number of pyridine rings is 1. The summed E-state index contributed by atoms with van der Waals surface area (Å²) in [5, 5.41) is 28.7. The van der Waals surface area contributed by atoms with E-state index in [9.17, 15) is 19.6 Å². The minimum absolute atomic E-state index is 0. The molecule has 23 heavy (non-hydrogen) atoms. The molecule has 0 unspecified atom stereocenters. The fourth-order valence-electron chi connectivity index (χ4n) is 2.06. The van der Waals surface area contributed by atoms with Gasteiger partial charge in [-0.15, -0.1) is 0 Å². The number of phosphoric ester groups is 1. The first-order chi connectivity index (χ1) is 10.2. The number of carboxylic acids is 1. The molecule has 1 fully saturated rings. The predicted octanol–water partition coefficient (Wildman–Crippen LogP) is -2.52.